The van der Waals surface area contributed by atoms with Crippen molar-refractivity contribution < 1.29 is 27.7 Å². The van der Waals surface area contributed by atoms with Gasteiger partial charge in [-0.3, -0.25) is 0 Å². The molecule has 3 atom stereocenters. The average Bonchev–Trinajstić information content (AvgIpc) is 2.83. The van der Waals surface area contributed by atoms with Gasteiger partial charge in [0, 0.05) is 45.3 Å². The fraction of sp³-hybridized carbons (Fsp3) is 0.692. The Morgan fingerprint density at radius 1 is 1.17 bits per heavy atom. The fourth-order valence-electron chi connectivity index (χ4n) is 3.90. The highest BCUT2D eigenvalue weighted by Crippen LogP contribution is 2.31. The van der Waals surface area contributed by atoms with Crippen LogP contribution in [0.5, 0.6) is 11.5 Å². The summed E-state index contributed by atoms with van der Waals surface area (Å²) < 4.78 is 45.4. The van der Waals surface area contributed by atoms with Crippen molar-refractivity contribution in [3.8, 4) is 11.5 Å². The number of rotatable bonds is 19. The lowest BCUT2D eigenvalue weighted by Crippen LogP contribution is -2.51. The summed E-state index contributed by atoms with van der Waals surface area (Å²) in [5.74, 6) is 1.83. The van der Waals surface area contributed by atoms with E-state index in [1.54, 1.807) is 28.1 Å². The molecule has 0 amide bonds. The van der Waals surface area contributed by atoms with E-state index in [1.165, 1.54) is 10.4 Å². The SMILES string of the molecule is C=CCNS(=O)(=O)N(C[C@@H](O)[C@@H](N)C[C@H](Cc1ccc(OC)c(OCCCOC)c1)C(C)C)C(C)C. The van der Waals surface area contributed by atoms with E-state index in [0.29, 0.717) is 37.1 Å². The van der Waals surface area contributed by atoms with Gasteiger partial charge in [0.05, 0.1) is 19.8 Å². The second-order valence-electron chi connectivity index (χ2n) is 9.66. The molecule has 0 spiro atoms. The van der Waals surface area contributed by atoms with Gasteiger partial charge in [0.15, 0.2) is 11.5 Å². The summed E-state index contributed by atoms with van der Waals surface area (Å²) in [5, 5.41) is 10.8. The Kier molecular flexibility index (Phi) is 14.6. The molecule has 1 rings (SSSR count). The first-order valence-electron chi connectivity index (χ1n) is 12.6. The second-order valence-corrected chi connectivity index (χ2v) is 11.4. The zero-order valence-corrected chi connectivity index (χ0v) is 23.6. The van der Waals surface area contributed by atoms with E-state index in [2.05, 4.69) is 25.1 Å². The van der Waals surface area contributed by atoms with Crippen LogP contribution in [-0.4, -0.2) is 76.5 Å². The molecule has 0 aliphatic rings. The molecule has 0 unspecified atom stereocenters. The minimum Gasteiger partial charge on any atom is -0.493 e. The third-order valence-corrected chi connectivity index (χ3v) is 7.87. The number of nitrogens with one attached hydrogen (secondary N) is 1. The molecule has 0 aliphatic carbocycles. The van der Waals surface area contributed by atoms with E-state index in [9.17, 15) is 13.5 Å². The molecule has 9 nitrogen and oxygen atoms in total. The number of methoxy groups -OCH3 is 2. The van der Waals surface area contributed by atoms with Crippen LogP contribution < -0.4 is 19.9 Å². The van der Waals surface area contributed by atoms with Crippen molar-refractivity contribution in [2.24, 2.45) is 17.6 Å². The van der Waals surface area contributed by atoms with Crippen molar-refractivity contribution in [1.29, 1.82) is 0 Å². The third-order valence-electron chi connectivity index (χ3n) is 6.15. The van der Waals surface area contributed by atoms with Gasteiger partial charge in [0.1, 0.15) is 0 Å². The topological polar surface area (TPSA) is 123 Å². The predicted molar refractivity (Wildman–Crippen MR) is 145 cm³/mol. The van der Waals surface area contributed by atoms with Crippen LogP contribution in [0.3, 0.4) is 0 Å². The van der Waals surface area contributed by atoms with Crippen LogP contribution in [0.4, 0.5) is 0 Å². The van der Waals surface area contributed by atoms with Crippen molar-refractivity contribution in [1.82, 2.24) is 9.03 Å². The second kappa shape index (κ2) is 16.2. The Balaban J connectivity index is 2.91. The number of aliphatic hydroxyl groups excluding tert-OH is 1. The Morgan fingerprint density at radius 2 is 1.86 bits per heavy atom. The molecule has 0 heterocycles. The highest BCUT2D eigenvalue weighted by atomic mass is 32.2. The largest absolute Gasteiger partial charge is 0.493 e. The van der Waals surface area contributed by atoms with E-state index in [1.807, 2.05) is 18.2 Å². The molecule has 10 heteroatoms. The monoisotopic (exact) mass is 529 g/mol. The van der Waals surface area contributed by atoms with Gasteiger partial charge in [-0.05, 0) is 56.2 Å². The summed E-state index contributed by atoms with van der Waals surface area (Å²) in [4.78, 5) is 0. The molecule has 208 valence electrons. The van der Waals surface area contributed by atoms with Crippen LogP contribution in [0.1, 0.15) is 46.1 Å². The first-order valence-corrected chi connectivity index (χ1v) is 14.0. The van der Waals surface area contributed by atoms with Crippen LogP contribution in [0.15, 0.2) is 30.9 Å². The van der Waals surface area contributed by atoms with Crippen molar-refractivity contribution >= 4 is 10.2 Å². The molecular weight excluding hydrogens is 482 g/mol. The number of nitrogens with zero attached hydrogens (tertiary/aromatic N) is 1. The fourth-order valence-corrected chi connectivity index (χ4v) is 5.30. The first kappa shape index (κ1) is 32.3. The molecule has 1 aromatic rings. The van der Waals surface area contributed by atoms with Gasteiger partial charge in [-0.25, -0.2) is 0 Å². The molecule has 0 aliphatic heterocycles. The maximum atomic E-state index is 12.6. The van der Waals surface area contributed by atoms with Crippen molar-refractivity contribution in [2.45, 2.75) is 65.1 Å². The average molecular weight is 530 g/mol. The van der Waals surface area contributed by atoms with Gasteiger partial charge in [-0.1, -0.05) is 26.0 Å². The Hall–Kier alpha value is -1.69. The third kappa shape index (κ3) is 10.7. The van der Waals surface area contributed by atoms with E-state index in [4.69, 9.17) is 19.9 Å². The summed E-state index contributed by atoms with van der Waals surface area (Å²) >= 11 is 0. The Bertz CT molecular complexity index is 878. The number of aliphatic hydroxyl groups is 1. The van der Waals surface area contributed by atoms with Crippen LogP contribution in [0, 0.1) is 11.8 Å². The maximum absolute atomic E-state index is 12.6. The molecule has 0 bridgehead atoms. The van der Waals surface area contributed by atoms with Crippen molar-refractivity contribution in [3.05, 3.63) is 36.4 Å². The van der Waals surface area contributed by atoms with Gasteiger partial charge >= 0.3 is 0 Å². The molecule has 0 fully saturated rings. The highest BCUT2D eigenvalue weighted by Gasteiger charge is 2.30. The van der Waals surface area contributed by atoms with E-state index < -0.39 is 22.4 Å². The lowest BCUT2D eigenvalue weighted by atomic mass is 9.83. The molecule has 0 radical (unpaired) electrons. The molecule has 0 saturated carbocycles. The molecule has 0 saturated heterocycles. The van der Waals surface area contributed by atoms with E-state index >= 15 is 0 Å². The summed E-state index contributed by atoms with van der Waals surface area (Å²) in [7, 11) is -0.492. The lowest BCUT2D eigenvalue weighted by molar-refractivity contribution is 0.0977. The van der Waals surface area contributed by atoms with Gasteiger partial charge in [-0.2, -0.15) is 17.4 Å². The first-order chi connectivity index (χ1) is 17.0. The minimum absolute atomic E-state index is 0.0852. The van der Waals surface area contributed by atoms with Crippen molar-refractivity contribution in [3.63, 3.8) is 0 Å². The van der Waals surface area contributed by atoms with E-state index in [-0.39, 0.29) is 25.0 Å². The normalized spacial score (nSPS) is 14.8. The number of hydrogen-bond donors (Lipinski definition) is 3. The summed E-state index contributed by atoms with van der Waals surface area (Å²) in [6.07, 6.45) is 2.52. The summed E-state index contributed by atoms with van der Waals surface area (Å²) in [6.45, 7) is 12.5. The smallest absolute Gasteiger partial charge is 0.280 e. The summed E-state index contributed by atoms with van der Waals surface area (Å²) in [6, 6.07) is 4.97. The lowest BCUT2D eigenvalue weighted by Gasteiger charge is -2.32. The zero-order valence-electron chi connectivity index (χ0n) is 22.8. The van der Waals surface area contributed by atoms with Gasteiger partial charge in [-0.15, -0.1) is 6.58 Å². The van der Waals surface area contributed by atoms with Gasteiger partial charge in [0.2, 0.25) is 0 Å². The quantitative estimate of drug-likeness (QED) is 0.186. The zero-order chi connectivity index (χ0) is 27.3. The van der Waals surface area contributed by atoms with Gasteiger partial charge in [0.25, 0.3) is 10.2 Å². The summed E-state index contributed by atoms with van der Waals surface area (Å²) in [5.41, 5.74) is 7.49. The number of ether oxygens (including phenoxy) is 3. The minimum atomic E-state index is -3.77. The standard InChI is InChI=1S/C26H47N3O6S/c1-8-12-28-36(31,32)29(20(4)5)18-24(30)23(27)17-22(19(2)3)15-21-10-11-25(34-7)26(16-21)35-14-9-13-33-6/h8,10-11,16,19-20,22-24,28,30H,1,9,12-15,17-18,27H2,2-7H3/t22-,23-,24+/m0/s1. The number of hydrogen-bond acceptors (Lipinski definition) is 7. The molecule has 36 heavy (non-hydrogen) atoms. The molecular formula is C26H47N3O6S. The van der Waals surface area contributed by atoms with Crippen molar-refractivity contribution in [2.75, 3.05) is 40.5 Å². The number of benzene rings is 1. The van der Waals surface area contributed by atoms with Crippen LogP contribution in [0.25, 0.3) is 0 Å². The maximum Gasteiger partial charge on any atom is 0.280 e. The van der Waals surface area contributed by atoms with Crippen LogP contribution in [0.2, 0.25) is 0 Å². The molecule has 0 aromatic heterocycles. The number of nitrogens with two attached hydrogens (primary N) is 1. The Labute approximate surface area is 218 Å². The van der Waals surface area contributed by atoms with Crippen LogP contribution >= 0.6 is 0 Å². The van der Waals surface area contributed by atoms with Crippen LogP contribution in [-0.2, 0) is 21.4 Å². The van der Waals surface area contributed by atoms with Gasteiger partial charge < -0.3 is 25.1 Å². The Morgan fingerprint density at radius 3 is 2.42 bits per heavy atom. The molecule has 1 aromatic carbocycles. The predicted octanol–water partition coefficient (Wildman–Crippen LogP) is 2.73. The molecule has 4 N–H and O–H groups in total. The van der Waals surface area contributed by atoms with E-state index in [0.717, 1.165) is 18.4 Å². The highest BCUT2D eigenvalue weighted by molar-refractivity contribution is 7.87.